The number of hydrogen-bond acceptors (Lipinski definition) is 13. The highest BCUT2D eigenvalue weighted by molar-refractivity contribution is 5.97. The zero-order chi connectivity index (χ0) is 64.9. The van der Waals surface area contributed by atoms with Crippen LogP contribution in [-0.4, -0.2) is 137 Å². The second-order valence-corrected chi connectivity index (χ2v) is 25.4. The molecule has 486 valence electrons. The number of primary amides is 1. The molecule has 2 aliphatic heterocycles. The van der Waals surface area contributed by atoms with Crippen molar-refractivity contribution in [2.24, 2.45) is 23.5 Å². The SMILES string of the molecule is CC(C)C[C@H](NC(=O)C[C@H](O)[C@H](CC1CCCCC1)NC(=O)[C@@H](NC(=O)[C@H](Cc1ccccc1)NC(=O)[C@@H]1CCCN1C(=O)[C@H](Cc1ccc(N)cc1)NC(=O)[C@@H]1CCCN1)C(C)C)C(=O)N[C@@H](Cc1ccccc1)C(=O)N[C@@H](Cc1ccc(N)cc1)C(N)=O. The first kappa shape index (κ1) is 69.1. The molecular formula is C68H94N12O10. The van der Waals surface area contributed by atoms with Gasteiger partial charge in [0.1, 0.15) is 42.3 Å². The summed E-state index contributed by atoms with van der Waals surface area (Å²) in [5.74, 6) is -5.96. The molecule has 3 aliphatic rings. The van der Waals surface area contributed by atoms with Gasteiger partial charge in [0.25, 0.3) is 0 Å². The van der Waals surface area contributed by atoms with E-state index in [1.807, 2.05) is 38.1 Å². The second kappa shape index (κ2) is 34.0. The van der Waals surface area contributed by atoms with E-state index < -0.39 is 120 Å². The topological polar surface area (TPSA) is 351 Å². The molecule has 0 spiro atoms. The third-order valence-electron chi connectivity index (χ3n) is 17.3. The Balaban J connectivity index is 1.04. The summed E-state index contributed by atoms with van der Waals surface area (Å²) < 4.78 is 0. The van der Waals surface area contributed by atoms with E-state index in [-0.39, 0.29) is 56.4 Å². The highest BCUT2D eigenvalue weighted by Gasteiger charge is 2.41. The number of aliphatic hydroxyl groups excluding tert-OH is 1. The van der Waals surface area contributed by atoms with Crippen LogP contribution in [0.25, 0.3) is 0 Å². The Kier molecular flexibility index (Phi) is 26.1. The fourth-order valence-corrected chi connectivity index (χ4v) is 12.3. The smallest absolute Gasteiger partial charge is 0.246 e. The van der Waals surface area contributed by atoms with Gasteiger partial charge < -0.3 is 69.7 Å². The van der Waals surface area contributed by atoms with Gasteiger partial charge in [0.15, 0.2) is 0 Å². The summed E-state index contributed by atoms with van der Waals surface area (Å²) in [6.45, 7) is 8.17. The summed E-state index contributed by atoms with van der Waals surface area (Å²) in [5.41, 5.74) is 21.5. The molecule has 0 bridgehead atoms. The molecule has 0 aromatic heterocycles. The number of rotatable bonds is 31. The molecule has 22 heteroatoms. The highest BCUT2D eigenvalue weighted by atomic mass is 16.3. The number of hydrogen-bond donors (Lipinski definition) is 12. The van der Waals surface area contributed by atoms with Gasteiger partial charge in [-0.25, -0.2) is 0 Å². The molecule has 9 amide bonds. The lowest BCUT2D eigenvalue weighted by Crippen LogP contribution is -2.60. The number of nitrogens with two attached hydrogens (primary N) is 3. The number of amides is 9. The normalized spacial score (nSPS) is 18.6. The molecule has 0 unspecified atom stereocenters. The molecule has 2 saturated heterocycles. The standard InChI is InChI=1S/C68H94N12O10/c1-41(2)34-53(63(85)76-54(37-44-18-10-6-11-19-44)64(86)75-52(61(71)83)36-46-24-28-48(69)29-25-46)73-59(82)40-58(81)51(35-43-16-8-5-9-17-43)74-67(89)60(42(3)4)79-65(87)55(38-45-20-12-7-13-21-45)77-66(88)57-23-15-33-80(57)68(90)56(39-47-26-30-49(70)31-27-47)78-62(84)50-22-14-32-72-50/h6-7,10-13,18-21,24-31,41-43,50-58,60,72,81H,5,8-9,14-17,22-23,32-40,69-70H2,1-4H3,(H2,71,83)(H,73,82)(H,74,89)(H,75,86)(H,76,85)(H,77,88)(H,78,84)(H,79,87)/t50-,51-,52-,53-,54-,55-,56-,57-,58-,60-/m0/s1. The van der Waals surface area contributed by atoms with E-state index in [1.54, 1.807) is 98.8 Å². The first-order valence-electron chi connectivity index (χ1n) is 32.0. The molecule has 4 aromatic rings. The van der Waals surface area contributed by atoms with Crippen molar-refractivity contribution in [3.8, 4) is 0 Å². The van der Waals surface area contributed by atoms with Gasteiger partial charge in [-0.2, -0.15) is 0 Å². The van der Waals surface area contributed by atoms with Crippen LogP contribution in [0.1, 0.15) is 127 Å². The number of benzene rings is 4. The van der Waals surface area contributed by atoms with E-state index in [0.717, 1.165) is 44.1 Å². The minimum Gasteiger partial charge on any atom is -0.399 e. The lowest BCUT2D eigenvalue weighted by atomic mass is 9.83. The van der Waals surface area contributed by atoms with Gasteiger partial charge in [-0.1, -0.05) is 145 Å². The highest BCUT2D eigenvalue weighted by Crippen LogP contribution is 2.29. The van der Waals surface area contributed by atoms with Gasteiger partial charge in [0.05, 0.1) is 24.6 Å². The Hall–Kier alpha value is -8.37. The Morgan fingerprint density at radius 2 is 1.04 bits per heavy atom. The van der Waals surface area contributed by atoms with Crippen molar-refractivity contribution in [1.29, 1.82) is 0 Å². The number of nitrogens with zero attached hydrogens (tertiary/aromatic N) is 1. The molecule has 22 nitrogen and oxygen atoms in total. The molecule has 4 aromatic carbocycles. The number of aliphatic hydroxyl groups is 1. The molecule has 1 aliphatic carbocycles. The van der Waals surface area contributed by atoms with Gasteiger partial charge >= 0.3 is 0 Å². The molecule has 90 heavy (non-hydrogen) atoms. The van der Waals surface area contributed by atoms with E-state index in [9.17, 15) is 48.3 Å². The summed E-state index contributed by atoms with van der Waals surface area (Å²) >= 11 is 0. The average Bonchev–Trinajstić information content (AvgIpc) is 2.03. The van der Waals surface area contributed by atoms with Crippen LogP contribution in [-0.2, 0) is 68.8 Å². The number of anilines is 2. The Morgan fingerprint density at radius 3 is 1.59 bits per heavy atom. The summed E-state index contributed by atoms with van der Waals surface area (Å²) in [6.07, 6.45) is 5.65. The van der Waals surface area contributed by atoms with E-state index in [4.69, 9.17) is 17.2 Å². The first-order valence-corrected chi connectivity index (χ1v) is 32.0. The van der Waals surface area contributed by atoms with Gasteiger partial charge in [-0.05, 0) is 109 Å². The largest absolute Gasteiger partial charge is 0.399 e. The minimum absolute atomic E-state index is 0.0334. The summed E-state index contributed by atoms with van der Waals surface area (Å²) in [5, 5.41) is 35.4. The molecule has 2 heterocycles. The van der Waals surface area contributed by atoms with Crippen molar-refractivity contribution in [2.75, 3.05) is 24.6 Å². The van der Waals surface area contributed by atoms with Crippen molar-refractivity contribution >= 4 is 64.5 Å². The summed E-state index contributed by atoms with van der Waals surface area (Å²) in [7, 11) is 0. The van der Waals surface area contributed by atoms with Gasteiger partial charge in [0, 0.05) is 43.6 Å². The zero-order valence-electron chi connectivity index (χ0n) is 52.4. The van der Waals surface area contributed by atoms with Crippen molar-refractivity contribution in [3.63, 3.8) is 0 Å². The van der Waals surface area contributed by atoms with Crippen LogP contribution in [0, 0.1) is 17.8 Å². The van der Waals surface area contributed by atoms with Gasteiger partial charge in [-0.15, -0.1) is 0 Å². The van der Waals surface area contributed by atoms with Crippen LogP contribution in [0.3, 0.4) is 0 Å². The van der Waals surface area contributed by atoms with E-state index >= 15 is 0 Å². The Labute approximate surface area is 528 Å². The summed E-state index contributed by atoms with van der Waals surface area (Å²) in [4.78, 5) is 129. The van der Waals surface area contributed by atoms with Gasteiger partial charge in [0.2, 0.25) is 53.2 Å². The molecule has 7 rings (SSSR count). The second-order valence-electron chi connectivity index (χ2n) is 25.4. The van der Waals surface area contributed by atoms with Crippen molar-refractivity contribution in [1.82, 2.24) is 47.4 Å². The van der Waals surface area contributed by atoms with E-state index in [2.05, 4.69) is 42.5 Å². The number of likely N-dealkylation sites (tertiary alicyclic amines) is 1. The van der Waals surface area contributed by atoms with Crippen LogP contribution in [0.15, 0.2) is 109 Å². The fourth-order valence-electron chi connectivity index (χ4n) is 12.3. The van der Waals surface area contributed by atoms with Crippen molar-refractivity contribution < 1.29 is 48.3 Å². The molecule has 15 N–H and O–H groups in total. The molecule has 0 radical (unpaired) electrons. The zero-order valence-corrected chi connectivity index (χ0v) is 52.4. The first-order chi connectivity index (χ1) is 43.1. The molecule has 10 atom stereocenters. The predicted molar refractivity (Wildman–Crippen MR) is 344 cm³/mol. The Bertz CT molecular complexity index is 3030. The number of carbonyl (C=O) groups excluding carboxylic acids is 9. The molecule has 3 fully saturated rings. The third kappa shape index (κ3) is 21.1. The fraction of sp³-hybridized carbons (Fsp3) is 0.515. The quantitative estimate of drug-likeness (QED) is 0.0323. The van der Waals surface area contributed by atoms with Crippen molar-refractivity contribution in [2.45, 2.75) is 191 Å². The van der Waals surface area contributed by atoms with E-state index in [0.29, 0.717) is 60.3 Å². The van der Waals surface area contributed by atoms with Crippen LogP contribution in [0.2, 0.25) is 0 Å². The average molecular weight is 1240 g/mol. The number of carbonyl (C=O) groups is 9. The van der Waals surface area contributed by atoms with E-state index in [1.165, 1.54) is 4.90 Å². The number of nitrogen functional groups attached to an aromatic ring is 2. The maximum atomic E-state index is 14.7. The van der Waals surface area contributed by atoms with Crippen LogP contribution in [0.5, 0.6) is 0 Å². The van der Waals surface area contributed by atoms with Crippen LogP contribution >= 0.6 is 0 Å². The maximum absolute atomic E-state index is 14.7. The predicted octanol–water partition coefficient (Wildman–Crippen LogP) is 3.17. The monoisotopic (exact) mass is 1240 g/mol. The molecular weight excluding hydrogens is 1140 g/mol. The third-order valence-corrected chi connectivity index (χ3v) is 17.3. The number of nitrogens with one attached hydrogen (secondary N) is 8. The molecule has 1 saturated carbocycles. The van der Waals surface area contributed by atoms with Crippen LogP contribution in [0.4, 0.5) is 11.4 Å². The Morgan fingerprint density at radius 1 is 0.533 bits per heavy atom. The van der Waals surface area contributed by atoms with Crippen LogP contribution < -0.4 is 59.7 Å². The lowest BCUT2D eigenvalue weighted by Gasteiger charge is -2.33. The summed E-state index contributed by atoms with van der Waals surface area (Å²) in [6, 6.07) is 22.5. The van der Waals surface area contributed by atoms with Crippen molar-refractivity contribution in [3.05, 3.63) is 131 Å². The maximum Gasteiger partial charge on any atom is 0.246 e. The lowest BCUT2D eigenvalue weighted by molar-refractivity contribution is -0.142. The minimum atomic E-state index is -1.45. The van der Waals surface area contributed by atoms with Gasteiger partial charge in [-0.3, -0.25) is 43.2 Å².